The highest BCUT2D eigenvalue weighted by Gasteiger charge is 2.31. The van der Waals surface area contributed by atoms with Crippen LogP contribution < -0.4 is 15.4 Å². The first-order chi connectivity index (χ1) is 16.1. The number of carbonyl (C=O) groups is 1. The van der Waals surface area contributed by atoms with Gasteiger partial charge in [0.25, 0.3) is 0 Å². The number of alkyl halides is 3. The van der Waals surface area contributed by atoms with Gasteiger partial charge in [-0.1, -0.05) is 11.3 Å². The van der Waals surface area contributed by atoms with Crippen molar-refractivity contribution >= 4 is 49.6 Å². The molecule has 4 aromatic rings. The number of aromatic nitrogens is 3. The van der Waals surface area contributed by atoms with Crippen LogP contribution >= 0.6 is 11.3 Å². The minimum atomic E-state index is -4.78. The molecule has 0 aliphatic carbocycles. The number of carboxylic acid groups (broad SMARTS) is 1. The standard InChI is InChI=1S/C19H15F3N4O4S.C2H7N/c1-29-7-6-26-14-5-2-10(16(27)28)8-13(14)23-17(26)25-18-24-12-4-3-11(9-15(12)31-18)30-19(20,21)22;1-3-2/h2-5,8-9H,6-7H2,1H3,(H,27,28)(H,23,24,25);3H,1-2H3. The van der Waals surface area contributed by atoms with Gasteiger partial charge < -0.3 is 29.8 Å². The Kier molecular flexibility index (Phi) is 7.91. The highest BCUT2D eigenvalue weighted by atomic mass is 32.1. The second kappa shape index (κ2) is 10.7. The lowest BCUT2D eigenvalue weighted by Crippen LogP contribution is -2.16. The third kappa shape index (κ3) is 6.12. The molecule has 0 amide bonds. The highest BCUT2D eigenvalue weighted by molar-refractivity contribution is 7.22. The second-order valence-electron chi connectivity index (χ2n) is 6.91. The third-order valence-corrected chi connectivity index (χ3v) is 5.26. The van der Waals surface area contributed by atoms with Crippen molar-refractivity contribution in [1.29, 1.82) is 0 Å². The minimum Gasteiger partial charge on any atom is -0.478 e. The van der Waals surface area contributed by atoms with Crippen molar-refractivity contribution < 1.29 is 32.5 Å². The number of fused-ring (bicyclic) bond motifs is 2. The molecule has 4 rings (SSSR count). The van der Waals surface area contributed by atoms with E-state index < -0.39 is 12.3 Å². The van der Waals surface area contributed by atoms with Crippen LogP contribution in [0, 0.1) is 0 Å². The largest absolute Gasteiger partial charge is 0.573 e. The van der Waals surface area contributed by atoms with E-state index in [-0.39, 0.29) is 11.3 Å². The molecular formula is C21H22F3N5O4S. The molecule has 0 atom stereocenters. The van der Waals surface area contributed by atoms with Crippen LogP contribution in [0.15, 0.2) is 36.4 Å². The number of benzene rings is 2. The smallest absolute Gasteiger partial charge is 0.478 e. The molecule has 0 unspecified atom stereocenters. The van der Waals surface area contributed by atoms with E-state index in [1.54, 1.807) is 13.2 Å². The van der Waals surface area contributed by atoms with Crippen LogP contribution in [0.3, 0.4) is 0 Å². The molecule has 34 heavy (non-hydrogen) atoms. The van der Waals surface area contributed by atoms with Crippen molar-refractivity contribution in [3.63, 3.8) is 0 Å². The number of rotatable bonds is 7. The monoisotopic (exact) mass is 497 g/mol. The Balaban J connectivity index is 0.00000103. The predicted molar refractivity (Wildman–Crippen MR) is 123 cm³/mol. The van der Waals surface area contributed by atoms with Crippen molar-refractivity contribution in [2.45, 2.75) is 12.9 Å². The van der Waals surface area contributed by atoms with E-state index in [0.29, 0.717) is 45.5 Å². The maximum Gasteiger partial charge on any atom is 0.573 e. The lowest BCUT2D eigenvalue weighted by Gasteiger charge is -2.08. The molecule has 182 valence electrons. The number of hydrogen-bond donors (Lipinski definition) is 3. The van der Waals surface area contributed by atoms with Gasteiger partial charge in [-0.05, 0) is 44.4 Å². The summed E-state index contributed by atoms with van der Waals surface area (Å²) < 4.78 is 48.8. The van der Waals surface area contributed by atoms with Gasteiger partial charge in [0, 0.05) is 19.7 Å². The summed E-state index contributed by atoms with van der Waals surface area (Å²) in [7, 11) is 5.31. The summed E-state index contributed by atoms with van der Waals surface area (Å²) in [6.45, 7) is 0.828. The summed E-state index contributed by atoms with van der Waals surface area (Å²) in [6, 6.07) is 8.50. The lowest BCUT2D eigenvalue weighted by atomic mass is 10.2. The Morgan fingerprint density at radius 2 is 1.88 bits per heavy atom. The summed E-state index contributed by atoms with van der Waals surface area (Å²) in [5, 5.41) is 15.4. The van der Waals surface area contributed by atoms with Crippen LogP contribution in [-0.2, 0) is 11.3 Å². The Morgan fingerprint density at radius 1 is 1.15 bits per heavy atom. The average molecular weight is 497 g/mol. The summed E-state index contributed by atoms with van der Waals surface area (Å²) in [5.74, 6) is -0.991. The van der Waals surface area contributed by atoms with Crippen LogP contribution in [0.2, 0.25) is 0 Å². The van der Waals surface area contributed by atoms with E-state index in [2.05, 4.69) is 25.3 Å². The van der Waals surface area contributed by atoms with Gasteiger partial charge in [-0.3, -0.25) is 0 Å². The maximum absolute atomic E-state index is 12.5. The molecular weight excluding hydrogens is 475 g/mol. The fourth-order valence-corrected chi connectivity index (χ4v) is 3.91. The molecule has 0 spiro atoms. The average Bonchev–Trinajstić information content (AvgIpc) is 3.31. The fraction of sp³-hybridized carbons (Fsp3) is 0.286. The molecule has 3 N–H and O–H groups in total. The number of imidazole rings is 1. The van der Waals surface area contributed by atoms with Crippen LogP contribution in [0.4, 0.5) is 24.3 Å². The zero-order valence-corrected chi connectivity index (χ0v) is 19.3. The quantitative estimate of drug-likeness (QED) is 0.343. The molecule has 13 heteroatoms. The van der Waals surface area contributed by atoms with Crippen LogP contribution in [0.5, 0.6) is 5.75 Å². The van der Waals surface area contributed by atoms with Gasteiger partial charge in [0.2, 0.25) is 5.95 Å². The number of methoxy groups -OCH3 is 1. The van der Waals surface area contributed by atoms with Gasteiger partial charge in [-0.2, -0.15) is 0 Å². The SMILES string of the molecule is CNC.COCCn1c(Nc2nc3ccc(OC(F)(F)F)cc3s2)nc2cc(C(=O)O)ccc21. The van der Waals surface area contributed by atoms with E-state index >= 15 is 0 Å². The molecule has 2 aromatic carbocycles. The molecule has 0 aliphatic rings. The molecule has 0 saturated carbocycles. The van der Waals surface area contributed by atoms with E-state index in [0.717, 1.165) is 11.3 Å². The summed E-state index contributed by atoms with van der Waals surface area (Å²) in [5.41, 5.74) is 1.77. The van der Waals surface area contributed by atoms with Gasteiger partial charge in [-0.15, -0.1) is 13.2 Å². The number of anilines is 2. The molecule has 0 bridgehead atoms. The van der Waals surface area contributed by atoms with Gasteiger partial charge in [-0.25, -0.2) is 14.8 Å². The molecule has 0 radical (unpaired) electrons. The number of carboxylic acids is 1. The molecule has 0 fully saturated rings. The van der Waals surface area contributed by atoms with Gasteiger partial charge in [0.15, 0.2) is 5.13 Å². The van der Waals surface area contributed by atoms with Crippen LogP contribution in [-0.4, -0.2) is 59.8 Å². The van der Waals surface area contributed by atoms with Gasteiger partial charge in [0.05, 0.1) is 33.4 Å². The topological polar surface area (TPSA) is 111 Å². The second-order valence-corrected chi connectivity index (χ2v) is 7.94. The number of nitrogens with zero attached hydrogens (tertiary/aromatic N) is 3. The normalized spacial score (nSPS) is 11.4. The Labute approximate surface area is 196 Å². The number of nitrogens with one attached hydrogen (secondary N) is 2. The van der Waals surface area contributed by atoms with Crippen molar-refractivity contribution in [3.8, 4) is 5.75 Å². The number of hydrogen-bond acceptors (Lipinski definition) is 8. The first-order valence-corrected chi connectivity index (χ1v) is 10.7. The van der Waals surface area contributed by atoms with Crippen LogP contribution in [0.1, 0.15) is 10.4 Å². The minimum absolute atomic E-state index is 0.104. The molecule has 2 heterocycles. The lowest BCUT2D eigenvalue weighted by molar-refractivity contribution is -0.274. The summed E-state index contributed by atoms with van der Waals surface area (Å²) in [4.78, 5) is 20.1. The van der Waals surface area contributed by atoms with E-state index in [9.17, 15) is 23.1 Å². The highest BCUT2D eigenvalue weighted by Crippen LogP contribution is 2.33. The van der Waals surface area contributed by atoms with Crippen molar-refractivity contribution in [3.05, 3.63) is 42.0 Å². The third-order valence-electron chi connectivity index (χ3n) is 4.33. The van der Waals surface area contributed by atoms with Gasteiger partial charge >= 0.3 is 12.3 Å². The van der Waals surface area contributed by atoms with Crippen molar-refractivity contribution in [2.75, 3.05) is 33.1 Å². The van der Waals surface area contributed by atoms with E-state index in [4.69, 9.17) is 4.74 Å². The Morgan fingerprint density at radius 3 is 2.53 bits per heavy atom. The van der Waals surface area contributed by atoms with Crippen LogP contribution in [0.25, 0.3) is 21.3 Å². The zero-order valence-electron chi connectivity index (χ0n) is 18.4. The van der Waals surface area contributed by atoms with Crippen molar-refractivity contribution in [2.24, 2.45) is 0 Å². The Hall–Kier alpha value is -3.42. The molecule has 2 aromatic heterocycles. The number of thiazole rings is 1. The van der Waals surface area contributed by atoms with Crippen molar-refractivity contribution in [1.82, 2.24) is 19.9 Å². The Bertz CT molecular complexity index is 1290. The van der Waals surface area contributed by atoms with E-state index in [1.165, 1.54) is 30.3 Å². The summed E-state index contributed by atoms with van der Waals surface area (Å²) >= 11 is 1.13. The molecule has 0 saturated heterocycles. The number of aromatic carboxylic acids is 1. The molecule has 9 nitrogen and oxygen atoms in total. The predicted octanol–water partition coefficient (Wildman–Crippen LogP) is 4.47. The zero-order chi connectivity index (χ0) is 24.9. The van der Waals surface area contributed by atoms with E-state index in [1.807, 2.05) is 18.7 Å². The fourth-order valence-electron chi connectivity index (χ4n) is 3.02. The first-order valence-electron chi connectivity index (χ1n) is 9.89. The first kappa shape index (κ1) is 25.2. The number of ether oxygens (including phenoxy) is 2. The van der Waals surface area contributed by atoms with Gasteiger partial charge in [0.1, 0.15) is 5.75 Å². The number of halogens is 3. The molecule has 0 aliphatic heterocycles. The maximum atomic E-state index is 12.5. The summed E-state index contributed by atoms with van der Waals surface area (Å²) in [6.07, 6.45) is -4.78.